The van der Waals surface area contributed by atoms with Crippen LogP contribution in [-0.2, 0) is 6.42 Å². The topological polar surface area (TPSA) is 66.5 Å². The normalized spacial score (nSPS) is 10.8. The fourth-order valence-corrected chi connectivity index (χ4v) is 2.14. The van der Waals surface area contributed by atoms with Crippen LogP contribution in [0.1, 0.15) is 5.82 Å². The van der Waals surface area contributed by atoms with Crippen molar-refractivity contribution in [1.82, 2.24) is 20.2 Å². The first-order valence-corrected chi connectivity index (χ1v) is 6.35. The predicted octanol–water partition coefficient (Wildman–Crippen LogP) is 2.66. The van der Waals surface area contributed by atoms with Gasteiger partial charge in [0.25, 0.3) is 0 Å². The van der Waals surface area contributed by atoms with Crippen LogP contribution in [0.3, 0.4) is 0 Å². The molecular formula is C13H12ClN5. The molecule has 96 valence electrons. The Hall–Kier alpha value is -2.14. The molecule has 0 aliphatic carbocycles. The van der Waals surface area contributed by atoms with Crippen LogP contribution >= 0.6 is 11.6 Å². The van der Waals surface area contributed by atoms with Crippen LogP contribution < -0.4 is 5.32 Å². The summed E-state index contributed by atoms with van der Waals surface area (Å²) in [6, 6.07) is 7.80. The number of hydrogen-bond donors (Lipinski definition) is 2. The Balaban J connectivity index is 1.79. The molecule has 3 rings (SSSR count). The maximum absolute atomic E-state index is 6.03. The predicted molar refractivity (Wildman–Crippen MR) is 75.3 cm³/mol. The second kappa shape index (κ2) is 5.24. The van der Waals surface area contributed by atoms with E-state index in [4.69, 9.17) is 11.6 Å². The van der Waals surface area contributed by atoms with Crippen molar-refractivity contribution >= 4 is 28.2 Å². The summed E-state index contributed by atoms with van der Waals surface area (Å²) in [6.45, 7) is 0.730. The van der Waals surface area contributed by atoms with Gasteiger partial charge in [-0.05, 0) is 0 Å². The molecule has 19 heavy (non-hydrogen) atoms. The highest BCUT2D eigenvalue weighted by Gasteiger charge is 2.06. The summed E-state index contributed by atoms with van der Waals surface area (Å²) in [4.78, 5) is 7.23. The van der Waals surface area contributed by atoms with Gasteiger partial charge in [-0.2, -0.15) is 0 Å². The van der Waals surface area contributed by atoms with Gasteiger partial charge >= 0.3 is 0 Å². The molecule has 0 amide bonds. The minimum Gasteiger partial charge on any atom is -0.368 e. The van der Waals surface area contributed by atoms with Gasteiger partial charge < -0.3 is 10.3 Å². The number of fused-ring (bicyclic) bond motifs is 1. The second-order valence-electron chi connectivity index (χ2n) is 4.10. The van der Waals surface area contributed by atoms with Crippen LogP contribution in [0.5, 0.6) is 0 Å². The highest BCUT2D eigenvalue weighted by molar-refractivity contribution is 6.34. The smallest absolute Gasteiger partial charge is 0.159 e. The number of aromatic amines is 1. The average molecular weight is 274 g/mol. The first kappa shape index (κ1) is 11.9. The van der Waals surface area contributed by atoms with E-state index in [1.807, 2.05) is 30.5 Å². The summed E-state index contributed by atoms with van der Waals surface area (Å²) in [5, 5.41) is 13.6. The molecule has 0 spiro atoms. The number of hydrogen-bond acceptors (Lipinski definition) is 4. The lowest BCUT2D eigenvalue weighted by Gasteiger charge is -2.07. The Morgan fingerprint density at radius 1 is 1.16 bits per heavy atom. The quantitative estimate of drug-likeness (QED) is 0.767. The fraction of sp³-hybridized carbons (Fsp3) is 0.154. The first-order chi connectivity index (χ1) is 9.34. The first-order valence-electron chi connectivity index (χ1n) is 5.97. The van der Waals surface area contributed by atoms with E-state index in [1.54, 1.807) is 6.20 Å². The van der Waals surface area contributed by atoms with E-state index in [1.165, 1.54) is 0 Å². The van der Waals surface area contributed by atoms with Crippen molar-refractivity contribution in [3.63, 3.8) is 0 Å². The molecule has 2 N–H and O–H groups in total. The summed E-state index contributed by atoms with van der Waals surface area (Å²) in [6.07, 6.45) is 4.35. The van der Waals surface area contributed by atoms with Crippen LogP contribution in [0.4, 0.5) is 5.82 Å². The second-order valence-corrected chi connectivity index (χ2v) is 4.46. The minimum absolute atomic E-state index is 0.423. The third kappa shape index (κ3) is 2.51. The van der Waals surface area contributed by atoms with E-state index in [9.17, 15) is 0 Å². The highest BCUT2D eigenvalue weighted by atomic mass is 35.5. The standard InChI is InChI=1S/C13H12ClN5/c14-12-9-3-1-2-4-10(9)13(19-18-12)17-6-5-11-15-7-8-16-11/h1-4,7-8H,5-6H2,(H,15,16)(H,17,19). The molecule has 0 fully saturated rings. The maximum Gasteiger partial charge on any atom is 0.159 e. The number of aromatic nitrogens is 4. The van der Waals surface area contributed by atoms with E-state index in [-0.39, 0.29) is 0 Å². The van der Waals surface area contributed by atoms with Crippen LogP contribution in [0, 0.1) is 0 Å². The Bertz CT molecular complexity index is 681. The molecule has 0 aliphatic heterocycles. The van der Waals surface area contributed by atoms with Crippen molar-refractivity contribution in [2.24, 2.45) is 0 Å². The van der Waals surface area contributed by atoms with Crippen LogP contribution in [0.2, 0.25) is 5.15 Å². The third-order valence-corrected chi connectivity index (χ3v) is 3.13. The molecule has 0 unspecified atom stereocenters. The molecule has 2 heterocycles. The van der Waals surface area contributed by atoms with E-state index < -0.39 is 0 Å². The molecule has 2 aromatic heterocycles. The van der Waals surface area contributed by atoms with E-state index >= 15 is 0 Å². The number of benzene rings is 1. The van der Waals surface area contributed by atoms with Crippen LogP contribution in [0.25, 0.3) is 10.8 Å². The SMILES string of the molecule is Clc1nnc(NCCc2ncc[nH]2)c2ccccc12. The largest absolute Gasteiger partial charge is 0.368 e. The van der Waals surface area contributed by atoms with E-state index in [2.05, 4.69) is 25.5 Å². The summed E-state index contributed by atoms with van der Waals surface area (Å²) in [5.41, 5.74) is 0. The number of anilines is 1. The van der Waals surface area contributed by atoms with Gasteiger partial charge in [-0.15, -0.1) is 10.2 Å². The fourth-order valence-electron chi connectivity index (χ4n) is 1.94. The number of rotatable bonds is 4. The van der Waals surface area contributed by atoms with Gasteiger partial charge in [0.1, 0.15) is 5.82 Å². The molecular weight excluding hydrogens is 262 g/mol. The van der Waals surface area contributed by atoms with Gasteiger partial charge in [0.15, 0.2) is 11.0 Å². The van der Waals surface area contributed by atoms with Gasteiger partial charge in [0, 0.05) is 36.1 Å². The molecule has 0 aliphatic rings. The molecule has 0 atom stereocenters. The van der Waals surface area contributed by atoms with Gasteiger partial charge in [0.05, 0.1) is 0 Å². The number of imidazole rings is 1. The molecule has 0 saturated heterocycles. The van der Waals surface area contributed by atoms with Crippen molar-refractivity contribution in [2.45, 2.75) is 6.42 Å². The number of nitrogens with zero attached hydrogens (tertiary/aromatic N) is 3. The monoisotopic (exact) mass is 273 g/mol. The Kier molecular flexibility index (Phi) is 3.29. The highest BCUT2D eigenvalue weighted by Crippen LogP contribution is 2.25. The zero-order valence-electron chi connectivity index (χ0n) is 10.1. The van der Waals surface area contributed by atoms with E-state index in [0.29, 0.717) is 5.15 Å². The Morgan fingerprint density at radius 2 is 2.00 bits per heavy atom. The van der Waals surface area contributed by atoms with Crippen molar-refractivity contribution in [1.29, 1.82) is 0 Å². The van der Waals surface area contributed by atoms with Crippen molar-refractivity contribution in [3.05, 3.63) is 47.6 Å². The van der Waals surface area contributed by atoms with Gasteiger partial charge in [-0.25, -0.2) is 4.98 Å². The number of H-pyrrole nitrogens is 1. The van der Waals surface area contributed by atoms with E-state index in [0.717, 1.165) is 35.4 Å². The van der Waals surface area contributed by atoms with Crippen molar-refractivity contribution in [3.8, 4) is 0 Å². The van der Waals surface area contributed by atoms with Crippen LogP contribution in [0.15, 0.2) is 36.7 Å². The summed E-state index contributed by atoms with van der Waals surface area (Å²) in [5.74, 6) is 1.69. The van der Waals surface area contributed by atoms with Crippen LogP contribution in [-0.4, -0.2) is 26.7 Å². The lowest BCUT2D eigenvalue weighted by atomic mass is 10.2. The molecule has 0 radical (unpaired) electrons. The van der Waals surface area contributed by atoms with Gasteiger partial charge in [-0.3, -0.25) is 0 Å². The molecule has 0 bridgehead atoms. The lowest BCUT2D eigenvalue weighted by molar-refractivity contribution is 0.914. The summed E-state index contributed by atoms with van der Waals surface area (Å²) in [7, 11) is 0. The van der Waals surface area contributed by atoms with Crippen molar-refractivity contribution in [2.75, 3.05) is 11.9 Å². The minimum atomic E-state index is 0.423. The van der Waals surface area contributed by atoms with Gasteiger partial charge in [0.2, 0.25) is 0 Å². The average Bonchev–Trinajstić information content (AvgIpc) is 2.95. The number of nitrogens with one attached hydrogen (secondary N) is 2. The Morgan fingerprint density at radius 3 is 2.79 bits per heavy atom. The Labute approximate surface area is 115 Å². The maximum atomic E-state index is 6.03. The molecule has 6 heteroatoms. The molecule has 1 aromatic carbocycles. The zero-order chi connectivity index (χ0) is 13.1. The summed E-state index contributed by atoms with van der Waals surface area (Å²) < 4.78 is 0. The zero-order valence-corrected chi connectivity index (χ0v) is 10.9. The molecule has 5 nitrogen and oxygen atoms in total. The number of halogens is 1. The molecule has 3 aromatic rings. The van der Waals surface area contributed by atoms with Crippen molar-refractivity contribution < 1.29 is 0 Å². The van der Waals surface area contributed by atoms with Gasteiger partial charge in [-0.1, -0.05) is 35.9 Å². The summed E-state index contributed by atoms with van der Waals surface area (Å²) >= 11 is 6.03. The third-order valence-electron chi connectivity index (χ3n) is 2.85. The molecule has 0 saturated carbocycles. The lowest BCUT2D eigenvalue weighted by Crippen LogP contribution is -2.08.